The molecule has 2 heterocycles. The van der Waals surface area contributed by atoms with Crippen LogP contribution in [0.4, 0.5) is 17.1 Å². The number of anilines is 3. The summed E-state index contributed by atoms with van der Waals surface area (Å²) in [4.78, 5) is 2.43. The van der Waals surface area contributed by atoms with Crippen LogP contribution in [0.2, 0.25) is 0 Å². The highest BCUT2D eigenvalue weighted by molar-refractivity contribution is 7.26. The number of aromatic nitrogens is 1. The number of benzene rings is 9. The summed E-state index contributed by atoms with van der Waals surface area (Å²) in [5.41, 5.74) is 11.7. The third-order valence-electron chi connectivity index (χ3n) is 11.0. The maximum atomic E-state index is 2.43. The highest BCUT2D eigenvalue weighted by Crippen LogP contribution is 2.46. The van der Waals surface area contributed by atoms with E-state index in [2.05, 4.69) is 216 Å². The Kier molecular flexibility index (Phi) is 7.39. The maximum Gasteiger partial charge on any atom is 0.0541 e. The minimum Gasteiger partial charge on any atom is -0.310 e. The predicted molar refractivity (Wildman–Crippen MR) is 237 cm³/mol. The highest BCUT2D eigenvalue weighted by Gasteiger charge is 2.21. The third-order valence-corrected chi connectivity index (χ3v) is 12.2. The molecule has 0 N–H and O–H groups in total. The molecule has 2 aromatic heterocycles. The Hall–Kier alpha value is -6.94. The molecule has 3 heteroatoms. The zero-order valence-corrected chi connectivity index (χ0v) is 30.7. The molecule has 0 aliphatic carbocycles. The lowest BCUT2D eigenvalue weighted by molar-refractivity contribution is 1.17. The van der Waals surface area contributed by atoms with E-state index in [0.29, 0.717) is 0 Å². The lowest BCUT2D eigenvalue weighted by Crippen LogP contribution is -2.11. The molecule has 11 aromatic rings. The number of para-hydroxylation sites is 3. The van der Waals surface area contributed by atoms with E-state index in [0.717, 1.165) is 22.7 Å². The van der Waals surface area contributed by atoms with E-state index in [9.17, 15) is 0 Å². The van der Waals surface area contributed by atoms with E-state index >= 15 is 0 Å². The molecule has 9 aromatic carbocycles. The molecule has 0 unspecified atom stereocenters. The fourth-order valence-electron chi connectivity index (χ4n) is 8.43. The molecule has 0 radical (unpaired) electrons. The van der Waals surface area contributed by atoms with Crippen LogP contribution >= 0.6 is 11.3 Å². The standard InChI is InChI=1S/C52H34N2S/c1-2-14-37-33-38(28-27-35(37)13-1)36-29-31-39(32-30-36)53(40-15-11-16-41(34-40)54-49-24-8-3-17-42(49)43-18-4-9-25-50(43)54)48-23-7-5-19-44(48)46-21-12-22-47-45-20-6-10-26-51(45)55-52(46)47/h1-34H. The Labute approximate surface area is 323 Å². The van der Waals surface area contributed by atoms with E-state index < -0.39 is 0 Å². The Morgan fingerprint density at radius 2 is 1.00 bits per heavy atom. The van der Waals surface area contributed by atoms with Crippen LogP contribution in [0.25, 0.3) is 80.7 Å². The van der Waals surface area contributed by atoms with Gasteiger partial charge in [-0.2, -0.15) is 0 Å². The van der Waals surface area contributed by atoms with Crippen LogP contribution < -0.4 is 4.90 Å². The summed E-state index contributed by atoms with van der Waals surface area (Å²) < 4.78 is 5.02. The molecule has 55 heavy (non-hydrogen) atoms. The first-order valence-electron chi connectivity index (χ1n) is 18.8. The van der Waals surface area contributed by atoms with E-state index in [1.807, 2.05) is 11.3 Å². The molecule has 0 bridgehead atoms. The van der Waals surface area contributed by atoms with Crippen LogP contribution in [-0.2, 0) is 0 Å². The molecule has 0 saturated heterocycles. The largest absolute Gasteiger partial charge is 0.310 e. The van der Waals surface area contributed by atoms with E-state index in [1.54, 1.807) is 0 Å². The quantitative estimate of drug-likeness (QED) is 0.166. The van der Waals surface area contributed by atoms with Crippen molar-refractivity contribution < 1.29 is 0 Å². The average molecular weight is 719 g/mol. The Morgan fingerprint density at radius 1 is 0.382 bits per heavy atom. The smallest absolute Gasteiger partial charge is 0.0541 e. The van der Waals surface area contributed by atoms with Crippen molar-refractivity contribution in [3.63, 3.8) is 0 Å². The summed E-state index contributed by atoms with van der Waals surface area (Å²) in [5.74, 6) is 0. The summed E-state index contributed by atoms with van der Waals surface area (Å²) in [7, 11) is 0. The zero-order valence-electron chi connectivity index (χ0n) is 29.9. The second-order valence-electron chi connectivity index (χ2n) is 14.1. The summed E-state index contributed by atoms with van der Waals surface area (Å²) in [6.07, 6.45) is 0. The van der Waals surface area contributed by atoms with Crippen LogP contribution in [-0.4, -0.2) is 4.57 Å². The molecule has 2 nitrogen and oxygen atoms in total. The van der Waals surface area contributed by atoms with Gasteiger partial charge in [-0.25, -0.2) is 0 Å². The van der Waals surface area contributed by atoms with Crippen LogP contribution in [0.5, 0.6) is 0 Å². The first-order chi connectivity index (χ1) is 27.3. The van der Waals surface area contributed by atoms with Crippen LogP contribution in [0.15, 0.2) is 206 Å². The molecular weight excluding hydrogens is 685 g/mol. The Bertz CT molecular complexity index is 3170. The van der Waals surface area contributed by atoms with Gasteiger partial charge in [-0.05, 0) is 82.6 Å². The second-order valence-corrected chi connectivity index (χ2v) is 15.2. The van der Waals surface area contributed by atoms with Crippen molar-refractivity contribution >= 4 is 81.1 Å². The van der Waals surface area contributed by atoms with E-state index in [4.69, 9.17) is 0 Å². The zero-order chi connectivity index (χ0) is 36.3. The fraction of sp³-hybridized carbons (Fsp3) is 0. The van der Waals surface area contributed by atoms with Crippen molar-refractivity contribution in [2.75, 3.05) is 4.90 Å². The summed E-state index contributed by atoms with van der Waals surface area (Å²) in [5, 5.41) is 7.62. The van der Waals surface area contributed by atoms with Gasteiger partial charge in [0.1, 0.15) is 0 Å². The first-order valence-corrected chi connectivity index (χ1v) is 19.6. The van der Waals surface area contributed by atoms with E-state index in [1.165, 1.54) is 75.0 Å². The average Bonchev–Trinajstić information content (AvgIpc) is 3.80. The SMILES string of the molecule is c1cc(N(c2ccc(-c3ccc4ccccc4c3)cc2)c2ccccc2-c2cccc3c2sc2ccccc23)cc(-n2c3ccccc3c3ccccc32)c1. The van der Waals surface area contributed by atoms with Gasteiger partial charge in [-0.3, -0.25) is 0 Å². The minimum absolute atomic E-state index is 1.09. The second kappa shape index (κ2) is 12.9. The molecule has 0 saturated carbocycles. The van der Waals surface area contributed by atoms with Crippen molar-refractivity contribution in [2.45, 2.75) is 0 Å². The van der Waals surface area contributed by atoms with Gasteiger partial charge in [0, 0.05) is 59.1 Å². The summed E-state index contributed by atoms with van der Waals surface area (Å²) >= 11 is 1.88. The monoisotopic (exact) mass is 718 g/mol. The number of nitrogens with zero attached hydrogens (tertiary/aromatic N) is 2. The van der Waals surface area contributed by atoms with Gasteiger partial charge in [-0.1, -0.05) is 146 Å². The molecule has 0 atom stereocenters. The maximum absolute atomic E-state index is 2.43. The minimum atomic E-state index is 1.09. The van der Waals surface area contributed by atoms with Crippen molar-refractivity contribution in [1.82, 2.24) is 4.57 Å². The molecule has 0 aliphatic rings. The summed E-state index contributed by atoms with van der Waals surface area (Å²) in [6.45, 7) is 0. The van der Waals surface area contributed by atoms with E-state index in [-0.39, 0.29) is 0 Å². The number of fused-ring (bicyclic) bond motifs is 7. The first kappa shape index (κ1) is 31.6. The van der Waals surface area contributed by atoms with Crippen molar-refractivity contribution in [1.29, 1.82) is 0 Å². The third kappa shape index (κ3) is 5.24. The summed E-state index contributed by atoms with van der Waals surface area (Å²) in [6, 6.07) is 75.2. The van der Waals surface area contributed by atoms with Gasteiger partial charge in [0.2, 0.25) is 0 Å². The molecule has 0 spiro atoms. The number of thiophene rings is 1. The topological polar surface area (TPSA) is 8.17 Å². The van der Waals surface area contributed by atoms with Crippen LogP contribution in [0.1, 0.15) is 0 Å². The number of hydrogen-bond acceptors (Lipinski definition) is 2. The molecular formula is C52H34N2S. The van der Waals surface area contributed by atoms with Gasteiger partial charge >= 0.3 is 0 Å². The van der Waals surface area contributed by atoms with Crippen molar-refractivity contribution in [3.05, 3.63) is 206 Å². The van der Waals surface area contributed by atoms with Crippen molar-refractivity contribution in [2.24, 2.45) is 0 Å². The Balaban J connectivity index is 1.12. The predicted octanol–water partition coefficient (Wildman–Crippen LogP) is 15.1. The Morgan fingerprint density at radius 3 is 1.82 bits per heavy atom. The molecule has 11 rings (SSSR count). The fourth-order valence-corrected chi connectivity index (χ4v) is 9.66. The number of rotatable bonds is 6. The van der Waals surface area contributed by atoms with Crippen LogP contribution in [0.3, 0.4) is 0 Å². The van der Waals surface area contributed by atoms with Crippen LogP contribution in [0, 0.1) is 0 Å². The van der Waals surface area contributed by atoms with Gasteiger partial charge in [-0.15, -0.1) is 11.3 Å². The van der Waals surface area contributed by atoms with Gasteiger partial charge in [0.15, 0.2) is 0 Å². The lowest BCUT2D eigenvalue weighted by atomic mass is 9.98. The molecule has 0 aliphatic heterocycles. The van der Waals surface area contributed by atoms with Crippen molar-refractivity contribution in [3.8, 4) is 27.9 Å². The number of hydrogen-bond donors (Lipinski definition) is 0. The van der Waals surface area contributed by atoms with Gasteiger partial charge in [0.05, 0.1) is 16.7 Å². The molecule has 0 fully saturated rings. The van der Waals surface area contributed by atoms with Gasteiger partial charge < -0.3 is 9.47 Å². The normalized spacial score (nSPS) is 11.6. The highest BCUT2D eigenvalue weighted by atomic mass is 32.1. The lowest BCUT2D eigenvalue weighted by Gasteiger charge is -2.28. The molecule has 0 amide bonds. The van der Waals surface area contributed by atoms with Gasteiger partial charge in [0.25, 0.3) is 0 Å². The molecule has 258 valence electrons.